The summed E-state index contributed by atoms with van der Waals surface area (Å²) in [5, 5.41) is 3.21. The number of halogens is 1. The van der Waals surface area contributed by atoms with E-state index < -0.39 is 6.04 Å². The molecule has 0 unspecified atom stereocenters. The molecule has 0 spiro atoms. The van der Waals surface area contributed by atoms with E-state index in [2.05, 4.69) is 5.32 Å². The van der Waals surface area contributed by atoms with Gasteiger partial charge in [-0.1, -0.05) is 11.6 Å². The minimum absolute atomic E-state index is 0.181. The Morgan fingerprint density at radius 1 is 1.55 bits per heavy atom. The summed E-state index contributed by atoms with van der Waals surface area (Å²) in [5.41, 5.74) is 0.473. The average Bonchev–Trinajstić information content (AvgIpc) is 2.98. The number of urea groups is 1. The number of morpholine rings is 1. The number of nitrogens with zero attached hydrogens (tertiary/aromatic N) is 1. The van der Waals surface area contributed by atoms with Crippen molar-refractivity contribution in [2.75, 3.05) is 19.0 Å². The lowest BCUT2D eigenvalue weighted by Crippen LogP contribution is -2.46. The lowest BCUT2D eigenvalue weighted by molar-refractivity contribution is -0.149. The molecular formula is C13H13ClN2O4. The van der Waals surface area contributed by atoms with Gasteiger partial charge in [-0.05, 0) is 18.2 Å². The largest absolute Gasteiger partial charge is 0.495 e. The summed E-state index contributed by atoms with van der Waals surface area (Å²) in [5.74, 6) is 0.171. The molecule has 2 saturated heterocycles. The molecule has 106 valence electrons. The number of hydrogen-bond acceptors (Lipinski definition) is 4. The van der Waals surface area contributed by atoms with Crippen LogP contribution in [0.2, 0.25) is 5.02 Å². The molecule has 0 aromatic heterocycles. The third kappa shape index (κ3) is 2.16. The molecule has 1 N–H and O–H groups in total. The molecule has 1 aromatic rings. The predicted octanol–water partition coefficient (Wildman–Crippen LogP) is 1.88. The molecule has 6 nitrogen and oxygen atoms in total. The molecule has 0 radical (unpaired) electrons. The van der Waals surface area contributed by atoms with E-state index >= 15 is 0 Å². The van der Waals surface area contributed by atoms with Crippen LogP contribution in [-0.2, 0) is 9.53 Å². The molecule has 2 heterocycles. The van der Waals surface area contributed by atoms with E-state index in [-0.39, 0.29) is 18.1 Å². The second-order valence-corrected chi connectivity index (χ2v) is 5.17. The van der Waals surface area contributed by atoms with Crippen LogP contribution in [-0.4, -0.2) is 42.7 Å². The summed E-state index contributed by atoms with van der Waals surface area (Å²) < 4.78 is 10.2. The van der Waals surface area contributed by atoms with Crippen molar-refractivity contribution in [2.24, 2.45) is 0 Å². The van der Waals surface area contributed by atoms with Gasteiger partial charge < -0.3 is 19.7 Å². The molecule has 1 aromatic carbocycles. The fourth-order valence-electron chi connectivity index (χ4n) is 2.54. The van der Waals surface area contributed by atoms with E-state index in [0.717, 1.165) is 0 Å². The van der Waals surface area contributed by atoms with Gasteiger partial charge >= 0.3 is 12.0 Å². The van der Waals surface area contributed by atoms with Gasteiger partial charge in [-0.25, -0.2) is 9.59 Å². The number of likely N-dealkylation sites (tertiary alicyclic amines) is 1. The summed E-state index contributed by atoms with van der Waals surface area (Å²) in [6.45, 7) is 0.422. The first kappa shape index (κ1) is 13.1. The smallest absolute Gasteiger partial charge is 0.329 e. The van der Waals surface area contributed by atoms with Gasteiger partial charge in [0.15, 0.2) is 0 Å². The number of carbonyl (C=O) groups excluding carboxylic acids is 2. The molecule has 2 amide bonds. The number of hydrogen-bond donors (Lipinski definition) is 1. The van der Waals surface area contributed by atoms with Crippen molar-refractivity contribution in [1.82, 2.24) is 4.90 Å². The van der Waals surface area contributed by atoms with E-state index in [1.54, 1.807) is 18.2 Å². The Balaban J connectivity index is 1.77. The number of carbonyl (C=O) groups is 2. The van der Waals surface area contributed by atoms with Crippen LogP contribution < -0.4 is 10.1 Å². The lowest BCUT2D eigenvalue weighted by atomic mass is 10.2. The molecule has 2 aliphatic rings. The molecule has 7 heteroatoms. The van der Waals surface area contributed by atoms with Crippen molar-refractivity contribution in [3.8, 4) is 5.75 Å². The maximum absolute atomic E-state index is 12.2. The average molecular weight is 297 g/mol. The van der Waals surface area contributed by atoms with Gasteiger partial charge in [-0.2, -0.15) is 0 Å². The number of esters is 1. The van der Waals surface area contributed by atoms with Crippen molar-refractivity contribution in [3.05, 3.63) is 23.2 Å². The van der Waals surface area contributed by atoms with Crippen LogP contribution >= 0.6 is 11.6 Å². The highest BCUT2D eigenvalue weighted by Crippen LogP contribution is 2.31. The van der Waals surface area contributed by atoms with E-state index in [1.165, 1.54) is 12.0 Å². The van der Waals surface area contributed by atoms with E-state index in [0.29, 0.717) is 29.4 Å². The van der Waals surface area contributed by atoms with Crippen LogP contribution in [0.25, 0.3) is 0 Å². The quantitative estimate of drug-likeness (QED) is 0.846. The summed E-state index contributed by atoms with van der Waals surface area (Å²) >= 11 is 5.91. The number of amides is 2. The van der Waals surface area contributed by atoms with Gasteiger partial charge in [-0.3, -0.25) is 0 Å². The van der Waals surface area contributed by atoms with E-state index in [4.69, 9.17) is 21.1 Å². The van der Waals surface area contributed by atoms with Crippen LogP contribution in [0.4, 0.5) is 10.5 Å². The van der Waals surface area contributed by atoms with Crippen molar-refractivity contribution < 1.29 is 19.1 Å². The van der Waals surface area contributed by atoms with Crippen LogP contribution in [0.3, 0.4) is 0 Å². The normalized spacial score (nSPS) is 23.7. The highest BCUT2D eigenvalue weighted by Gasteiger charge is 2.48. The highest BCUT2D eigenvalue weighted by atomic mass is 35.5. The zero-order valence-electron chi connectivity index (χ0n) is 10.8. The first-order valence-electron chi connectivity index (χ1n) is 6.20. The van der Waals surface area contributed by atoms with Crippen LogP contribution in [0.15, 0.2) is 18.2 Å². The Morgan fingerprint density at radius 2 is 2.35 bits per heavy atom. The molecule has 2 bridgehead atoms. The van der Waals surface area contributed by atoms with Crippen LogP contribution in [0.1, 0.15) is 6.42 Å². The van der Waals surface area contributed by atoms with Crippen LogP contribution in [0, 0.1) is 0 Å². The fourth-order valence-corrected chi connectivity index (χ4v) is 2.71. The molecule has 0 aliphatic carbocycles. The molecule has 2 atom stereocenters. The van der Waals surface area contributed by atoms with Crippen molar-refractivity contribution in [3.63, 3.8) is 0 Å². The summed E-state index contributed by atoms with van der Waals surface area (Å²) in [6, 6.07) is 4.11. The number of methoxy groups -OCH3 is 1. The van der Waals surface area contributed by atoms with Gasteiger partial charge in [0.2, 0.25) is 0 Å². The lowest BCUT2D eigenvalue weighted by Gasteiger charge is -2.26. The van der Waals surface area contributed by atoms with Gasteiger partial charge in [-0.15, -0.1) is 0 Å². The maximum Gasteiger partial charge on any atom is 0.329 e. The molecular weight excluding hydrogens is 284 g/mol. The first-order valence-corrected chi connectivity index (χ1v) is 6.58. The number of nitrogens with one attached hydrogen (secondary N) is 1. The van der Waals surface area contributed by atoms with Crippen molar-refractivity contribution >= 4 is 29.3 Å². The Bertz CT molecular complexity index is 577. The minimum atomic E-state index is -0.481. The number of fused-ring (bicyclic) bond motifs is 2. The van der Waals surface area contributed by atoms with E-state index in [9.17, 15) is 9.59 Å². The van der Waals surface area contributed by atoms with Gasteiger partial charge in [0.1, 0.15) is 17.9 Å². The van der Waals surface area contributed by atoms with Crippen LogP contribution in [0.5, 0.6) is 5.75 Å². The molecule has 0 saturated carbocycles. The number of rotatable bonds is 2. The number of anilines is 1. The Kier molecular flexibility index (Phi) is 3.17. The number of ether oxygens (including phenoxy) is 2. The van der Waals surface area contributed by atoms with E-state index in [1.807, 2.05) is 0 Å². The minimum Gasteiger partial charge on any atom is -0.495 e. The van der Waals surface area contributed by atoms with Gasteiger partial charge in [0.25, 0.3) is 0 Å². The predicted molar refractivity (Wildman–Crippen MR) is 72.0 cm³/mol. The topological polar surface area (TPSA) is 67.9 Å². The zero-order valence-corrected chi connectivity index (χ0v) is 11.5. The monoisotopic (exact) mass is 296 g/mol. The third-order valence-corrected chi connectivity index (χ3v) is 3.72. The van der Waals surface area contributed by atoms with Crippen molar-refractivity contribution in [1.29, 1.82) is 0 Å². The SMILES string of the molecule is COc1ccc(Cl)cc1NC(=O)N1C[C@@H]2C[C@H]1C(=O)O2. The van der Waals surface area contributed by atoms with Gasteiger partial charge in [0.05, 0.1) is 19.3 Å². The number of benzene rings is 1. The second-order valence-electron chi connectivity index (χ2n) is 4.74. The Hall–Kier alpha value is -1.95. The Morgan fingerprint density at radius 3 is 3.00 bits per heavy atom. The third-order valence-electron chi connectivity index (χ3n) is 3.48. The fraction of sp³-hybridized carbons (Fsp3) is 0.385. The molecule has 3 rings (SSSR count). The molecule has 2 aliphatic heterocycles. The summed E-state index contributed by atoms with van der Waals surface area (Å²) in [7, 11) is 1.51. The highest BCUT2D eigenvalue weighted by molar-refractivity contribution is 6.31. The molecule has 20 heavy (non-hydrogen) atoms. The first-order chi connectivity index (χ1) is 9.58. The zero-order chi connectivity index (χ0) is 14.3. The summed E-state index contributed by atoms with van der Waals surface area (Å²) in [4.78, 5) is 25.2. The maximum atomic E-state index is 12.2. The Labute approximate surface area is 120 Å². The standard InChI is InChI=1S/C13H13ClN2O4/c1-19-11-3-2-7(14)4-9(11)15-13(18)16-6-8-5-10(16)12(17)20-8/h2-4,8,10H,5-6H2,1H3,(H,15,18)/t8-,10-/m0/s1. The summed E-state index contributed by atoms with van der Waals surface area (Å²) in [6.07, 6.45) is 0.387. The molecule has 2 fully saturated rings. The second kappa shape index (κ2) is 4.86. The van der Waals surface area contributed by atoms with Crippen molar-refractivity contribution in [2.45, 2.75) is 18.6 Å². The van der Waals surface area contributed by atoms with Gasteiger partial charge in [0, 0.05) is 11.4 Å².